The summed E-state index contributed by atoms with van der Waals surface area (Å²) in [6.07, 6.45) is 2.41. The van der Waals surface area contributed by atoms with Gasteiger partial charge in [-0.2, -0.15) is 5.10 Å². The molecule has 1 aliphatic rings. The summed E-state index contributed by atoms with van der Waals surface area (Å²) in [5.74, 6) is 0. The molecule has 0 aliphatic carbocycles. The molecule has 1 unspecified atom stereocenters. The number of aromatic nitrogens is 3. The van der Waals surface area contributed by atoms with E-state index in [0.29, 0.717) is 26.2 Å². The zero-order valence-corrected chi connectivity index (χ0v) is 14.2. The van der Waals surface area contributed by atoms with Crippen LogP contribution in [0.25, 0.3) is 0 Å². The number of rotatable bonds is 4. The van der Waals surface area contributed by atoms with Crippen LogP contribution in [0, 0.1) is 6.92 Å². The van der Waals surface area contributed by atoms with E-state index in [1.807, 2.05) is 30.1 Å². The largest absolute Gasteiger partial charge is 0.367 e. The summed E-state index contributed by atoms with van der Waals surface area (Å²) in [4.78, 5) is 18.6. The first kappa shape index (κ1) is 15.9. The monoisotopic (exact) mass is 335 g/mol. The van der Waals surface area contributed by atoms with Gasteiger partial charge in [0, 0.05) is 49.5 Å². The average Bonchev–Trinajstić information content (AvgIpc) is 3.16. The number of ether oxygens (including phenoxy) is 1. The molecule has 0 radical (unpaired) electrons. The number of nitrogens with one attached hydrogen (secondary N) is 1. The lowest BCUT2D eigenvalue weighted by atomic mass is 10.3. The molecule has 8 heteroatoms. The second-order valence-electron chi connectivity index (χ2n) is 5.56. The van der Waals surface area contributed by atoms with E-state index in [4.69, 9.17) is 4.74 Å². The van der Waals surface area contributed by atoms with Gasteiger partial charge in [-0.1, -0.05) is 0 Å². The van der Waals surface area contributed by atoms with Gasteiger partial charge < -0.3 is 15.0 Å². The highest BCUT2D eigenvalue weighted by Crippen LogP contribution is 2.25. The number of carbonyl (C=O) groups excluding carboxylic acids is 1. The number of amides is 2. The van der Waals surface area contributed by atoms with Gasteiger partial charge >= 0.3 is 6.03 Å². The Morgan fingerprint density at radius 1 is 1.57 bits per heavy atom. The fourth-order valence-electron chi connectivity index (χ4n) is 2.56. The fraction of sp³-hybridized carbons (Fsp3) is 0.533. The lowest BCUT2D eigenvalue weighted by Gasteiger charge is -2.32. The molecule has 7 nitrogen and oxygen atoms in total. The fourth-order valence-corrected chi connectivity index (χ4v) is 3.39. The van der Waals surface area contributed by atoms with Gasteiger partial charge in [0.25, 0.3) is 0 Å². The van der Waals surface area contributed by atoms with Crippen molar-refractivity contribution >= 4 is 17.4 Å². The van der Waals surface area contributed by atoms with E-state index in [1.54, 1.807) is 22.4 Å². The summed E-state index contributed by atoms with van der Waals surface area (Å²) in [6, 6.07) is 1.91. The van der Waals surface area contributed by atoms with Crippen LogP contribution >= 0.6 is 11.3 Å². The Bertz CT molecular complexity index is 668. The van der Waals surface area contributed by atoms with Crippen molar-refractivity contribution in [2.24, 2.45) is 7.05 Å². The molecule has 0 saturated carbocycles. The Morgan fingerprint density at radius 3 is 3.13 bits per heavy atom. The first-order valence-corrected chi connectivity index (χ1v) is 8.54. The second kappa shape index (κ2) is 7.10. The molecule has 1 aliphatic heterocycles. The molecule has 1 fully saturated rings. The van der Waals surface area contributed by atoms with Crippen LogP contribution in [0.2, 0.25) is 0 Å². The number of nitrogens with zero attached hydrogens (tertiary/aromatic N) is 4. The molecular weight excluding hydrogens is 314 g/mol. The molecule has 2 aromatic rings. The molecule has 0 spiro atoms. The van der Waals surface area contributed by atoms with Crippen LogP contribution in [-0.2, 0) is 18.2 Å². The van der Waals surface area contributed by atoms with Gasteiger partial charge in [-0.3, -0.25) is 4.68 Å². The first-order chi connectivity index (χ1) is 11.1. The van der Waals surface area contributed by atoms with Gasteiger partial charge in [0.2, 0.25) is 0 Å². The molecule has 124 valence electrons. The lowest BCUT2D eigenvalue weighted by molar-refractivity contribution is -0.0155. The number of hydrogen-bond donors (Lipinski definition) is 1. The van der Waals surface area contributed by atoms with Crippen molar-refractivity contribution in [1.29, 1.82) is 0 Å². The third-order valence-electron chi connectivity index (χ3n) is 3.85. The van der Waals surface area contributed by atoms with E-state index in [9.17, 15) is 4.79 Å². The Balaban J connectivity index is 1.50. The van der Waals surface area contributed by atoms with Crippen LogP contribution in [0.5, 0.6) is 0 Å². The van der Waals surface area contributed by atoms with E-state index < -0.39 is 0 Å². The molecule has 23 heavy (non-hydrogen) atoms. The highest BCUT2D eigenvalue weighted by molar-refractivity contribution is 7.09. The normalized spacial score (nSPS) is 18.2. The minimum absolute atomic E-state index is 0.0475. The second-order valence-corrected chi connectivity index (χ2v) is 6.45. The zero-order valence-electron chi connectivity index (χ0n) is 13.4. The summed E-state index contributed by atoms with van der Waals surface area (Å²) in [6.45, 7) is 4.25. The van der Waals surface area contributed by atoms with Gasteiger partial charge in [0.15, 0.2) is 0 Å². The van der Waals surface area contributed by atoms with E-state index in [2.05, 4.69) is 15.4 Å². The van der Waals surface area contributed by atoms with Gasteiger partial charge in [-0.25, -0.2) is 9.78 Å². The number of thiazole rings is 1. The topological polar surface area (TPSA) is 72.3 Å². The van der Waals surface area contributed by atoms with Gasteiger partial charge in [0.1, 0.15) is 11.1 Å². The maximum absolute atomic E-state index is 12.3. The summed E-state index contributed by atoms with van der Waals surface area (Å²) in [7, 11) is 1.90. The van der Waals surface area contributed by atoms with Crippen molar-refractivity contribution < 1.29 is 9.53 Å². The Morgan fingerprint density at radius 2 is 2.43 bits per heavy atom. The van der Waals surface area contributed by atoms with E-state index in [-0.39, 0.29) is 12.1 Å². The van der Waals surface area contributed by atoms with Gasteiger partial charge in [-0.15, -0.1) is 11.3 Å². The van der Waals surface area contributed by atoms with E-state index in [0.717, 1.165) is 22.8 Å². The molecule has 2 aromatic heterocycles. The maximum Gasteiger partial charge on any atom is 0.317 e. The lowest BCUT2D eigenvalue weighted by Crippen LogP contribution is -2.47. The average molecular weight is 335 g/mol. The van der Waals surface area contributed by atoms with Crippen LogP contribution in [0.3, 0.4) is 0 Å². The van der Waals surface area contributed by atoms with Crippen LogP contribution in [0.4, 0.5) is 4.79 Å². The van der Waals surface area contributed by atoms with Crippen molar-refractivity contribution in [3.8, 4) is 0 Å². The van der Waals surface area contributed by atoms with Crippen molar-refractivity contribution in [1.82, 2.24) is 25.0 Å². The van der Waals surface area contributed by atoms with Crippen LogP contribution < -0.4 is 5.32 Å². The Kier molecular flexibility index (Phi) is 4.92. The predicted molar refractivity (Wildman–Crippen MR) is 87.4 cm³/mol. The molecule has 3 heterocycles. The van der Waals surface area contributed by atoms with Gasteiger partial charge in [0.05, 0.1) is 13.2 Å². The highest BCUT2D eigenvalue weighted by atomic mass is 32.1. The molecule has 1 saturated heterocycles. The standard InChI is InChI=1S/C15H21N5O2S/c1-11-10-23-14(18-11)13-9-20(7-8-22-13)15(21)16-5-3-12-4-6-17-19(12)2/h4,6,10,13H,3,5,7-9H2,1-2H3,(H,16,21). The van der Waals surface area contributed by atoms with E-state index in [1.165, 1.54) is 0 Å². The number of morpholine rings is 1. The van der Waals surface area contributed by atoms with Crippen molar-refractivity contribution in [3.05, 3.63) is 34.0 Å². The predicted octanol–water partition coefficient (Wildman–Crippen LogP) is 1.51. The number of urea groups is 1. The molecule has 0 bridgehead atoms. The third kappa shape index (κ3) is 3.89. The molecule has 1 N–H and O–H groups in total. The quantitative estimate of drug-likeness (QED) is 0.919. The summed E-state index contributed by atoms with van der Waals surface area (Å²) in [5.41, 5.74) is 2.09. The summed E-state index contributed by atoms with van der Waals surface area (Å²) in [5, 5.41) is 10.0. The maximum atomic E-state index is 12.3. The zero-order chi connectivity index (χ0) is 16.2. The minimum atomic E-state index is -0.120. The molecule has 0 aromatic carbocycles. The van der Waals surface area contributed by atoms with E-state index >= 15 is 0 Å². The molecule has 1 atom stereocenters. The molecular formula is C15H21N5O2S. The SMILES string of the molecule is Cc1csc(C2CN(C(=O)NCCc3ccnn3C)CCO2)n1. The summed E-state index contributed by atoms with van der Waals surface area (Å²) < 4.78 is 7.57. The highest BCUT2D eigenvalue weighted by Gasteiger charge is 2.27. The van der Waals surface area contributed by atoms with Crippen molar-refractivity contribution in [2.45, 2.75) is 19.4 Å². The minimum Gasteiger partial charge on any atom is -0.367 e. The van der Waals surface area contributed by atoms with Gasteiger partial charge in [-0.05, 0) is 13.0 Å². The first-order valence-electron chi connectivity index (χ1n) is 7.67. The smallest absolute Gasteiger partial charge is 0.317 e. The molecule has 2 amide bonds. The van der Waals surface area contributed by atoms with Crippen LogP contribution in [0.1, 0.15) is 22.5 Å². The van der Waals surface area contributed by atoms with Crippen molar-refractivity contribution in [3.63, 3.8) is 0 Å². The van der Waals surface area contributed by atoms with Crippen LogP contribution in [0.15, 0.2) is 17.6 Å². The Hall–Kier alpha value is -1.93. The molecule has 3 rings (SSSR count). The number of aryl methyl sites for hydroxylation is 2. The third-order valence-corrected chi connectivity index (χ3v) is 4.90. The van der Waals surface area contributed by atoms with Crippen molar-refractivity contribution in [2.75, 3.05) is 26.2 Å². The summed E-state index contributed by atoms with van der Waals surface area (Å²) >= 11 is 1.58. The number of carbonyl (C=O) groups is 1. The Labute approximate surface area is 139 Å². The number of hydrogen-bond acceptors (Lipinski definition) is 5. The van der Waals surface area contributed by atoms with Crippen LogP contribution in [-0.4, -0.2) is 51.9 Å².